The summed E-state index contributed by atoms with van der Waals surface area (Å²) in [5, 5.41) is 7.19. The van der Waals surface area contributed by atoms with Crippen LogP contribution in [0.15, 0.2) is 6.20 Å². The maximum absolute atomic E-state index is 5.53. The van der Waals surface area contributed by atoms with Crippen LogP contribution in [0.3, 0.4) is 0 Å². The second-order valence-corrected chi connectivity index (χ2v) is 2.35. The average molecular weight is 170 g/mol. The summed E-state index contributed by atoms with van der Waals surface area (Å²) in [5.41, 5.74) is 6.06. The van der Waals surface area contributed by atoms with E-state index in [1.54, 1.807) is 6.20 Å². The molecule has 0 saturated heterocycles. The lowest BCUT2D eigenvalue weighted by molar-refractivity contribution is 1.09. The SMILES string of the molecule is Nc1nc(Cl)nc2[nH]ncc12. The van der Waals surface area contributed by atoms with Crippen LogP contribution in [0.2, 0.25) is 5.28 Å². The zero-order chi connectivity index (χ0) is 7.84. The Morgan fingerprint density at radius 3 is 3.09 bits per heavy atom. The number of aromatic amines is 1. The molecule has 0 aliphatic heterocycles. The Labute approximate surface area is 66.6 Å². The Hall–Kier alpha value is -1.36. The van der Waals surface area contributed by atoms with Crippen molar-refractivity contribution in [2.45, 2.75) is 0 Å². The number of nitrogens with zero attached hydrogens (tertiary/aromatic N) is 3. The zero-order valence-corrected chi connectivity index (χ0v) is 6.13. The highest BCUT2D eigenvalue weighted by Crippen LogP contribution is 2.15. The average Bonchev–Trinajstić information content (AvgIpc) is 2.34. The molecule has 0 saturated carbocycles. The molecule has 2 rings (SSSR count). The Bertz CT molecular complexity index is 395. The van der Waals surface area contributed by atoms with Gasteiger partial charge < -0.3 is 5.73 Å². The summed E-state index contributed by atoms with van der Waals surface area (Å²) in [6.45, 7) is 0. The topological polar surface area (TPSA) is 80.5 Å². The van der Waals surface area contributed by atoms with Crippen molar-refractivity contribution in [2.75, 3.05) is 5.73 Å². The van der Waals surface area contributed by atoms with E-state index in [0.717, 1.165) is 0 Å². The molecule has 56 valence electrons. The van der Waals surface area contributed by atoms with Gasteiger partial charge in [0.2, 0.25) is 5.28 Å². The highest BCUT2D eigenvalue weighted by molar-refractivity contribution is 6.28. The number of fused-ring (bicyclic) bond motifs is 1. The second-order valence-electron chi connectivity index (χ2n) is 2.01. The Kier molecular flexibility index (Phi) is 1.19. The van der Waals surface area contributed by atoms with Crippen molar-refractivity contribution >= 4 is 28.5 Å². The van der Waals surface area contributed by atoms with E-state index in [1.807, 2.05) is 0 Å². The van der Waals surface area contributed by atoms with E-state index >= 15 is 0 Å². The van der Waals surface area contributed by atoms with Gasteiger partial charge in [0.25, 0.3) is 0 Å². The van der Waals surface area contributed by atoms with Crippen molar-refractivity contribution in [3.05, 3.63) is 11.5 Å². The molecule has 0 amide bonds. The fraction of sp³-hybridized carbons (Fsp3) is 0. The van der Waals surface area contributed by atoms with E-state index in [-0.39, 0.29) is 5.28 Å². The largest absolute Gasteiger partial charge is 0.383 e. The smallest absolute Gasteiger partial charge is 0.226 e. The molecule has 2 aromatic heterocycles. The number of nitrogens with one attached hydrogen (secondary N) is 1. The molecular weight excluding hydrogens is 166 g/mol. The van der Waals surface area contributed by atoms with Crippen LogP contribution in [0, 0.1) is 0 Å². The van der Waals surface area contributed by atoms with E-state index in [4.69, 9.17) is 17.3 Å². The lowest BCUT2D eigenvalue weighted by Gasteiger charge is -1.92. The Morgan fingerprint density at radius 2 is 2.27 bits per heavy atom. The zero-order valence-electron chi connectivity index (χ0n) is 5.37. The minimum Gasteiger partial charge on any atom is -0.383 e. The molecule has 2 aromatic rings. The first-order chi connectivity index (χ1) is 5.27. The number of hydrogen-bond donors (Lipinski definition) is 2. The summed E-state index contributed by atoms with van der Waals surface area (Å²) in [4.78, 5) is 7.60. The highest BCUT2D eigenvalue weighted by atomic mass is 35.5. The minimum atomic E-state index is 0.124. The summed E-state index contributed by atoms with van der Waals surface area (Å²) in [6.07, 6.45) is 1.56. The molecule has 11 heavy (non-hydrogen) atoms. The van der Waals surface area contributed by atoms with Crippen LogP contribution in [0.25, 0.3) is 11.0 Å². The van der Waals surface area contributed by atoms with Crippen LogP contribution >= 0.6 is 11.6 Å². The molecule has 0 spiro atoms. The van der Waals surface area contributed by atoms with Crippen LogP contribution in [0.4, 0.5) is 5.82 Å². The Morgan fingerprint density at radius 1 is 1.45 bits per heavy atom. The fourth-order valence-electron chi connectivity index (χ4n) is 0.829. The van der Waals surface area contributed by atoms with Crippen molar-refractivity contribution in [3.8, 4) is 0 Å². The number of anilines is 1. The lowest BCUT2D eigenvalue weighted by Crippen LogP contribution is -1.93. The highest BCUT2D eigenvalue weighted by Gasteiger charge is 2.03. The van der Waals surface area contributed by atoms with Crippen molar-refractivity contribution in [2.24, 2.45) is 0 Å². The maximum Gasteiger partial charge on any atom is 0.226 e. The fourth-order valence-corrected chi connectivity index (χ4v) is 1.00. The summed E-state index contributed by atoms with van der Waals surface area (Å²) >= 11 is 5.53. The van der Waals surface area contributed by atoms with Gasteiger partial charge in [-0.2, -0.15) is 10.1 Å². The van der Waals surface area contributed by atoms with Gasteiger partial charge in [-0.05, 0) is 11.6 Å². The number of halogens is 1. The molecule has 0 radical (unpaired) electrons. The predicted octanol–water partition coefficient (Wildman–Crippen LogP) is 0.589. The molecule has 0 atom stereocenters. The maximum atomic E-state index is 5.53. The summed E-state index contributed by atoms with van der Waals surface area (Å²) in [6, 6.07) is 0. The molecule has 0 aromatic carbocycles. The first kappa shape index (κ1) is 6.36. The lowest BCUT2D eigenvalue weighted by atomic mass is 10.4. The molecule has 0 aliphatic rings. The summed E-state index contributed by atoms with van der Waals surface area (Å²) in [7, 11) is 0. The number of H-pyrrole nitrogens is 1. The molecule has 6 heteroatoms. The van der Waals surface area contributed by atoms with Crippen LogP contribution in [0.1, 0.15) is 0 Å². The van der Waals surface area contributed by atoms with E-state index < -0.39 is 0 Å². The van der Waals surface area contributed by atoms with Crippen LogP contribution in [-0.4, -0.2) is 20.2 Å². The second kappa shape index (κ2) is 2.06. The monoisotopic (exact) mass is 169 g/mol. The van der Waals surface area contributed by atoms with Gasteiger partial charge in [0.15, 0.2) is 5.65 Å². The summed E-state index contributed by atoms with van der Waals surface area (Å²) < 4.78 is 0. The van der Waals surface area contributed by atoms with E-state index in [0.29, 0.717) is 16.9 Å². The molecule has 0 bridgehead atoms. The standard InChI is InChI=1S/C5H4ClN5/c6-5-9-3(7)2-1-8-11-4(2)10-5/h1H,(H3,7,8,9,10,11). The van der Waals surface area contributed by atoms with Crippen LogP contribution < -0.4 is 5.73 Å². The van der Waals surface area contributed by atoms with Gasteiger partial charge in [0.05, 0.1) is 11.6 Å². The predicted molar refractivity (Wildman–Crippen MR) is 41.1 cm³/mol. The van der Waals surface area contributed by atoms with Crippen molar-refractivity contribution < 1.29 is 0 Å². The van der Waals surface area contributed by atoms with Crippen molar-refractivity contribution in [1.29, 1.82) is 0 Å². The Balaban J connectivity index is 2.91. The quantitative estimate of drug-likeness (QED) is 0.566. The van der Waals surface area contributed by atoms with Gasteiger partial charge in [0.1, 0.15) is 5.82 Å². The number of rotatable bonds is 0. The molecule has 0 aliphatic carbocycles. The molecule has 5 nitrogen and oxygen atoms in total. The van der Waals surface area contributed by atoms with Gasteiger partial charge in [-0.15, -0.1) is 0 Å². The first-order valence-electron chi connectivity index (χ1n) is 2.89. The number of nitrogens with two attached hydrogens (primary N) is 1. The summed E-state index contributed by atoms with van der Waals surface area (Å²) in [5.74, 6) is 0.341. The number of hydrogen-bond acceptors (Lipinski definition) is 4. The van der Waals surface area contributed by atoms with Gasteiger partial charge in [-0.25, -0.2) is 4.98 Å². The van der Waals surface area contributed by atoms with E-state index in [2.05, 4.69) is 20.2 Å². The third kappa shape index (κ3) is 0.894. The van der Waals surface area contributed by atoms with Crippen molar-refractivity contribution in [1.82, 2.24) is 20.2 Å². The first-order valence-corrected chi connectivity index (χ1v) is 3.27. The third-order valence-electron chi connectivity index (χ3n) is 1.31. The van der Waals surface area contributed by atoms with Gasteiger partial charge in [0, 0.05) is 0 Å². The molecule has 0 fully saturated rings. The van der Waals surface area contributed by atoms with Gasteiger partial charge in [-0.1, -0.05) is 0 Å². The van der Waals surface area contributed by atoms with Gasteiger partial charge in [-0.3, -0.25) is 5.10 Å². The molecule has 3 N–H and O–H groups in total. The van der Waals surface area contributed by atoms with Crippen LogP contribution in [-0.2, 0) is 0 Å². The number of nitrogen functional groups attached to an aromatic ring is 1. The third-order valence-corrected chi connectivity index (χ3v) is 1.48. The van der Waals surface area contributed by atoms with Crippen LogP contribution in [0.5, 0.6) is 0 Å². The molecular formula is C5H4ClN5. The number of aromatic nitrogens is 4. The van der Waals surface area contributed by atoms with Crippen molar-refractivity contribution in [3.63, 3.8) is 0 Å². The normalized spacial score (nSPS) is 10.6. The van der Waals surface area contributed by atoms with E-state index in [9.17, 15) is 0 Å². The van der Waals surface area contributed by atoms with E-state index in [1.165, 1.54) is 0 Å². The van der Waals surface area contributed by atoms with Gasteiger partial charge >= 0.3 is 0 Å². The molecule has 2 heterocycles. The minimum absolute atomic E-state index is 0.124. The molecule has 0 unspecified atom stereocenters.